The van der Waals surface area contributed by atoms with Crippen LogP contribution in [-0.2, 0) is 17.9 Å². The Labute approximate surface area is 204 Å². The molecule has 6 heteroatoms. The number of piperazine rings is 1. The second kappa shape index (κ2) is 10.7. The minimum atomic E-state index is -0.156. The average molecular weight is 470 g/mol. The minimum absolute atomic E-state index is 0.156. The Kier molecular flexibility index (Phi) is 7.08. The first-order chi connectivity index (χ1) is 16.7. The topological polar surface area (TPSA) is 45.1 Å². The van der Waals surface area contributed by atoms with E-state index >= 15 is 0 Å². The molecule has 0 unspecified atom stereocenters. The molecule has 0 atom stereocenters. The molecule has 5 rings (SSSR count). The van der Waals surface area contributed by atoms with Crippen LogP contribution >= 0.6 is 11.8 Å². The summed E-state index contributed by atoms with van der Waals surface area (Å²) in [7, 11) is 0. The molecule has 0 bridgehead atoms. The predicted molar refractivity (Wildman–Crippen MR) is 139 cm³/mol. The quantitative estimate of drug-likeness (QED) is 0.473. The number of benzene rings is 3. The van der Waals surface area contributed by atoms with Crippen molar-refractivity contribution in [1.82, 2.24) is 9.80 Å². The zero-order valence-corrected chi connectivity index (χ0v) is 19.8. The van der Waals surface area contributed by atoms with Crippen molar-refractivity contribution >= 4 is 28.9 Å². The van der Waals surface area contributed by atoms with Gasteiger partial charge >= 0.3 is 0 Å². The molecule has 172 valence electrons. The predicted octanol–water partition coefficient (Wildman–Crippen LogP) is 5.05. The van der Waals surface area contributed by atoms with Gasteiger partial charge in [-0.2, -0.15) is 4.99 Å². The van der Waals surface area contributed by atoms with E-state index in [1.54, 1.807) is 0 Å². The molecule has 1 amide bonds. The lowest BCUT2D eigenvalue weighted by Gasteiger charge is -2.35. The molecule has 0 spiro atoms. The number of hydrogen-bond acceptors (Lipinski definition) is 5. The van der Waals surface area contributed by atoms with Crippen molar-refractivity contribution in [2.24, 2.45) is 4.99 Å². The fourth-order valence-electron chi connectivity index (χ4n) is 4.02. The molecule has 0 N–H and O–H groups in total. The normalized spacial score (nSPS) is 17.8. The molecular formula is C28H27N3O2S. The van der Waals surface area contributed by atoms with Gasteiger partial charge in [-0.3, -0.25) is 9.69 Å². The van der Waals surface area contributed by atoms with Crippen molar-refractivity contribution in [2.45, 2.75) is 13.2 Å². The Morgan fingerprint density at radius 2 is 1.47 bits per heavy atom. The number of aliphatic imine (C=N–C) groups is 1. The van der Waals surface area contributed by atoms with E-state index in [4.69, 9.17) is 4.74 Å². The summed E-state index contributed by atoms with van der Waals surface area (Å²) in [5.74, 6) is 0.651. The monoisotopic (exact) mass is 469 g/mol. The van der Waals surface area contributed by atoms with E-state index in [0.29, 0.717) is 11.5 Å². The molecule has 34 heavy (non-hydrogen) atoms. The Hall–Kier alpha value is -3.35. The van der Waals surface area contributed by atoms with E-state index in [2.05, 4.69) is 39.1 Å². The number of ether oxygens (including phenoxy) is 1. The van der Waals surface area contributed by atoms with Crippen LogP contribution in [0, 0.1) is 0 Å². The van der Waals surface area contributed by atoms with Gasteiger partial charge in [-0.25, -0.2) is 0 Å². The zero-order chi connectivity index (χ0) is 23.2. The van der Waals surface area contributed by atoms with Crippen LogP contribution in [-0.4, -0.2) is 47.1 Å². The highest BCUT2D eigenvalue weighted by atomic mass is 32.2. The summed E-state index contributed by atoms with van der Waals surface area (Å²) in [5.41, 5.74) is 3.43. The van der Waals surface area contributed by atoms with E-state index in [-0.39, 0.29) is 5.91 Å². The third-order valence-corrected chi connectivity index (χ3v) is 6.97. The number of amidine groups is 1. The van der Waals surface area contributed by atoms with Gasteiger partial charge in [0.1, 0.15) is 12.4 Å². The molecule has 2 aliphatic rings. The average Bonchev–Trinajstić information content (AvgIpc) is 3.25. The van der Waals surface area contributed by atoms with Gasteiger partial charge in [-0.15, -0.1) is 0 Å². The molecule has 3 aromatic rings. The Morgan fingerprint density at radius 3 is 2.15 bits per heavy atom. The first-order valence-corrected chi connectivity index (χ1v) is 12.4. The number of nitrogens with zero attached hydrogens (tertiary/aromatic N) is 3. The van der Waals surface area contributed by atoms with E-state index in [1.807, 2.05) is 66.7 Å². The molecule has 3 aromatic carbocycles. The van der Waals surface area contributed by atoms with Crippen LogP contribution in [0.1, 0.15) is 16.7 Å². The van der Waals surface area contributed by atoms with Crippen LogP contribution in [0.25, 0.3) is 6.08 Å². The SMILES string of the molecule is O=C1N=C(N2CCN(Cc3ccccc3)CC2)SC1=Cc1ccc(OCc2ccccc2)cc1. The Balaban J connectivity index is 1.13. The second-order valence-corrected chi connectivity index (χ2v) is 9.41. The maximum Gasteiger partial charge on any atom is 0.286 e. The third kappa shape index (κ3) is 5.76. The molecule has 5 nitrogen and oxygen atoms in total. The Morgan fingerprint density at radius 1 is 0.824 bits per heavy atom. The highest BCUT2D eigenvalue weighted by Crippen LogP contribution is 2.31. The summed E-state index contributed by atoms with van der Waals surface area (Å²) >= 11 is 1.47. The van der Waals surface area contributed by atoms with Crippen LogP contribution in [0.3, 0.4) is 0 Å². The summed E-state index contributed by atoms with van der Waals surface area (Å²) in [6, 6.07) is 28.5. The zero-order valence-electron chi connectivity index (χ0n) is 19.0. The van der Waals surface area contributed by atoms with Crippen molar-refractivity contribution in [1.29, 1.82) is 0 Å². The summed E-state index contributed by atoms with van der Waals surface area (Å²) in [4.78, 5) is 22.2. The van der Waals surface area contributed by atoms with Gasteiger partial charge in [0.2, 0.25) is 0 Å². The van der Waals surface area contributed by atoms with Gasteiger partial charge in [0, 0.05) is 32.7 Å². The molecule has 1 saturated heterocycles. The van der Waals surface area contributed by atoms with Crippen LogP contribution in [0.5, 0.6) is 5.75 Å². The lowest BCUT2D eigenvalue weighted by atomic mass is 10.2. The number of carbonyl (C=O) groups excluding carboxylic acids is 1. The first-order valence-electron chi connectivity index (χ1n) is 11.5. The van der Waals surface area contributed by atoms with Crippen molar-refractivity contribution < 1.29 is 9.53 Å². The van der Waals surface area contributed by atoms with Crippen molar-refractivity contribution in [2.75, 3.05) is 26.2 Å². The molecule has 2 aliphatic heterocycles. The summed E-state index contributed by atoms with van der Waals surface area (Å²) in [5, 5.41) is 0.818. The second-order valence-electron chi connectivity index (χ2n) is 8.40. The maximum atomic E-state index is 12.5. The van der Waals surface area contributed by atoms with E-state index in [0.717, 1.165) is 54.8 Å². The summed E-state index contributed by atoms with van der Waals surface area (Å²) < 4.78 is 5.85. The molecule has 0 saturated carbocycles. The summed E-state index contributed by atoms with van der Waals surface area (Å²) in [6.45, 7) is 5.19. The van der Waals surface area contributed by atoms with Crippen LogP contribution in [0.2, 0.25) is 0 Å². The fourth-order valence-corrected chi connectivity index (χ4v) is 4.99. The Bertz CT molecular complexity index is 1170. The van der Waals surface area contributed by atoms with Gasteiger partial charge in [-0.1, -0.05) is 72.8 Å². The highest BCUT2D eigenvalue weighted by Gasteiger charge is 2.28. The number of thioether (sulfide) groups is 1. The fraction of sp³-hybridized carbons (Fsp3) is 0.214. The highest BCUT2D eigenvalue weighted by molar-refractivity contribution is 8.18. The standard InChI is InChI=1S/C28H27N3O2S/c32-27-26(19-22-11-13-25(14-12-22)33-21-24-9-5-2-6-10-24)34-28(29-27)31-17-15-30(16-18-31)20-23-7-3-1-4-8-23/h1-14,19H,15-18,20-21H2. The van der Waals surface area contributed by atoms with Gasteiger partial charge in [0.05, 0.1) is 4.91 Å². The van der Waals surface area contributed by atoms with E-state index in [9.17, 15) is 4.79 Å². The first kappa shape index (κ1) is 22.4. The van der Waals surface area contributed by atoms with Gasteiger partial charge in [0.15, 0.2) is 5.17 Å². The van der Waals surface area contributed by atoms with Gasteiger partial charge in [-0.05, 0) is 46.7 Å². The van der Waals surface area contributed by atoms with E-state index in [1.165, 1.54) is 17.3 Å². The molecular weight excluding hydrogens is 442 g/mol. The molecule has 2 heterocycles. The van der Waals surface area contributed by atoms with Crippen molar-refractivity contribution in [3.05, 3.63) is 107 Å². The van der Waals surface area contributed by atoms with Crippen LogP contribution in [0.15, 0.2) is 94.8 Å². The number of rotatable bonds is 6. The number of hydrogen-bond donors (Lipinski definition) is 0. The van der Waals surface area contributed by atoms with Gasteiger partial charge < -0.3 is 9.64 Å². The maximum absolute atomic E-state index is 12.5. The minimum Gasteiger partial charge on any atom is -0.489 e. The molecule has 0 aliphatic carbocycles. The van der Waals surface area contributed by atoms with Crippen molar-refractivity contribution in [3.63, 3.8) is 0 Å². The van der Waals surface area contributed by atoms with Crippen LogP contribution < -0.4 is 4.74 Å². The molecule has 1 fully saturated rings. The lowest BCUT2D eigenvalue weighted by molar-refractivity contribution is -0.113. The van der Waals surface area contributed by atoms with E-state index < -0.39 is 0 Å². The third-order valence-electron chi connectivity index (χ3n) is 5.93. The number of amides is 1. The lowest BCUT2D eigenvalue weighted by Crippen LogP contribution is -2.47. The van der Waals surface area contributed by atoms with Gasteiger partial charge in [0.25, 0.3) is 5.91 Å². The smallest absolute Gasteiger partial charge is 0.286 e. The summed E-state index contributed by atoms with van der Waals surface area (Å²) in [6.07, 6.45) is 1.91. The molecule has 0 radical (unpaired) electrons. The number of carbonyl (C=O) groups is 1. The van der Waals surface area contributed by atoms with Crippen molar-refractivity contribution in [3.8, 4) is 5.75 Å². The molecule has 0 aromatic heterocycles. The van der Waals surface area contributed by atoms with Crippen LogP contribution in [0.4, 0.5) is 0 Å². The largest absolute Gasteiger partial charge is 0.489 e.